The molecule has 0 aromatic heterocycles. The van der Waals surface area contributed by atoms with Crippen LogP contribution in [0.15, 0.2) is 73.3 Å². The van der Waals surface area contributed by atoms with Crippen LogP contribution < -0.4 is 10.6 Å². The van der Waals surface area contributed by atoms with E-state index in [9.17, 15) is 9.59 Å². The molecule has 2 aliphatic rings. The van der Waals surface area contributed by atoms with Crippen molar-refractivity contribution in [1.29, 1.82) is 0 Å². The molecule has 5 rings (SSSR count). The summed E-state index contributed by atoms with van der Waals surface area (Å²) >= 11 is 0. The van der Waals surface area contributed by atoms with Crippen molar-refractivity contribution in [3.63, 3.8) is 0 Å². The number of nitrogens with zero attached hydrogens (tertiary/aromatic N) is 1. The number of carbonyl (C=O) groups is 2. The number of hydrogen-bond acceptors (Lipinski definition) is 3. The molecule has 0 radical (unpaired) electrons. The van der Waals surface area contributed by atoms with Gasteiger partial charge in [-0.2, -0.15) is 0 Å². The van der Waals surface area contributed by atoms with Gasteiger partial charge in [-0.05, 0) is 66.6 Å². The summed E-state index contributed by atoms with van der Waals surface area (Å²) in [4.78, 5) is 28.0. The lowest BCUT2D eigenvalue weighted by Crippen LogP contribution is -2.38. The Hall–Kier alpha value is -3.86. The van der Waals surface area contributed by atoms with Crippen LogP contribution in [-0.4, -0.2) is 29.8 Å². The third-order valence-electron chi connectivity index (χ3n) is 6.58. The zero-order valence-corrected chi connectivity index (χ0v) is 18.5. The van der Waals surface area contributed by atoms with E-state index in [2.05, 4.69) is 41.5 Å². The van der Waals surface area contributed by atoms with Crippen molar-refractivity contribution in [2.45, 2.75) is 19.3 Å². The number of hydrogen-bond donors (Lipinski definition) is 2. The van der Waals surface area contributed by atoms with Gasteiger partial charge in [-0.25, -0.2) is 0 Å². The highest BCUT2D eigenvalue weighted by molar-refractivity contribution is 6.13. The number of benzene rings is 3. The Kier molecular flexibility index (Phi) is 5.69. The normalized spacial score (nSPS) is 15.5. The van der Waals surface area contributed by atoms with Gasteiger partial charge in [-0.15, -0.1) is 0 Å². The third kappa shape index (κ3) is 4.40. The molecule has 0 bridgehead atoms. The van der Waals surface area contributed by atoms with Crippen LogP contribution in [0.25, 0.3) is 6.08 Å². The predicted octanol–water partition coefficient (Wildman–Crippen LogP) is 5.73. The van der Waals surface area contributed by atoms with Crippen LogP contribution in [0.4, 0.5) is 17.1 Å². The zero-order valence-electron chi connectivity index (χ0n) is 18.5. The molecule has 0 unspecified atom stereocenters. The summed E-state index contributed by atoms with van der Waals surface area (Å²) in [5.74, 6) is 0.415. The van der Waals surface area contributed by atoms with Gasteiger partial charge in [-0.1, -0.05) is 49.1 Å². The summed E-state index contributed by atoms with van der Waals surface area (Å²) in [6, 6.07) is 21.6. The Bertz CT molecular complexity index is 1210. The Morgan fingerprint density at radius 2 is 1.70 bits per heavy atom. The fourth-order valence-corrected chi connectivity index (χ4v) is 4.68. The van der Waals surface area contributed by atoms with Gasteiger partial charge in [-0.3, -0.25) is 9.59 Å². The lowest BCUT2D eigenvalue weighted by molar-refractivity contribution is 0.0690. The maximum atomic E-state index is 13.2. The summed E-state index contributed by atoms with van der Waals surface area (Å²) in [5.41, 5.74) is 5.50. The molecular weight excluding hydrogens is 410 g/mol. The standard InChI is InChI=1S/C28H27N3O2/c1-2-19-8-10-24-23(17-19)27(32)30-26-18-22(9-11-25(26)29-24)28(33)31-14-12-21(13-15-31)16-20-6-4-3-5-7-20/h2-11,17-18,21,29H,1,12-16H2,(H,30,32). The first kappa shape index (κ1) is 21.0. The maximum Gasteiger partial charge on any atom is 0.257 e. The van der Waals surface area contributed by atoms with Crippen LogP contribution in [0.3, 0.4) is 0 Å². The number of carbonyl (C=O) groups excluding carboxylic acids is 2. The molecule has 2 aliphatic heterocycles. The molecule has 0 saturated carbocycles. The van der Waals surface area contributed by atoms with Crippen molar-refractivity contribution in [3.8, 4) is 0 Å². The summed E-state index contributed by atoms with van der Waals surface area (Å²) < 4.78 is 0. The van der Waals surface area contributed by atoms with E-state index in [0.29, 0.717) is 22.7 Å². The lowest BCUT2D eigenvalue weighted by Gasteiger charge is -2.32. The van der Waals surface area contributed by atoms with Gasteiger partial charge >= 0.3 is 0 Å². The molecule has 1 saturated heterocycles. The van der Waals surface area contributed by atoms with Gasteiger partial charge in [0.1, 0.15) is 0 Å². The fraction of sp³-hybridized carbons (Fsp3) is 0.214. The van der Waals surface area contributed by atoms with Crippen LogP contribution >= 0.6 is 0 Å². The molecular formula is C28H27N3O2. The van der Waals surface area contributed by atoms with Gasteiger partial charge in [0, 0.05) is 18.7 Å². The Morgan fingerprint density at radius 3 is 2.45 bits per heavy atom. The second-order valence-electron chi connectivity index (χ2n) is 8.77. The van der Waals surface area contributed by atoms with Crippen LogP contribution in [0, 0.1) is 5.92 Å². The first-order chi connectivity index (χ1) is 16.1. The predicted molar refractivity (Wildman–Crippen MR) is 133 cm³/mol. The van der Waals surface area contributed by atoms with E-state index in [4.69, 9.17) is 0 Å². The second-order valence-corrected chi connectivity index (χ2v) is 8.77. The van der Waals surface area contributed by atoms with E-state index >= 15 is 0 Å². The van der Waals surface area contributed by atoms with E-state index in [-0.39, 0.29) is 11.8 Å². The third-order valence-corrected chi connectivity index (χ3v) is 6.58. The molecule has 1 fully saturated rings. The average molecular weight is 438 g/mol. The van der Waals surface area contributed by atoms with Crippen molar-refractivity contribution in [2.75, 3.05) is 23.7 Å². The zero-order chi connectivity index (χ0) is 22.8. The highest BCUT2D eigenvalue weighted by Crippen LogP contribution is 2.34. The van der Waals surface area contributed by atoms with Gasteiger partial charge in [0.2, 0.25) is 0 Å². The van der Waals surface area contributed by atoms with Gasteiger partial charge in [0.25, 0.3) is 11.8 Å². The minimum Gasteiger partial charge on any atom is -0.353 e. The minimum atomic E-state index is -0.203. The van der Waals surface area contributed by atoms with Crippen molar-refractivity contribution in [2.24, 2.45) is 5.92 Å². The van der Waals surface area contributed by atoms with Gasteiger partial charge in [0.15, 0.2) is 0 Å². The number of rotatable bonds is 4. The molecule has 2 amide bonds. The molecule has 3 aromatic rings. The quantitative estimate of drug-likeness (QED) is 0.548. The molecule has 0 spiro atoms. The van der Waals surface area contributed by atoms with E-state index < -0.39 is 0 Å². The minimum absolute atomic E-state index is 0.0147. The second kappa shape index (κ2) is 8.94. The first-order valence-electron chi connectivity index (χ1n) is 11.4. The molecule has 2 N–H and O–H groups in total. The maximum absolute atomic E-state index is 13.2. The number of piperidine rings is 1. The summed E-state index contributed by atoms with van der Waals surface area (Å²) in [7, 11) is 0. The molecule has 0 atom stereocenters. The van der Waals surface area contributed by atoms with Crippen LogP contribution in [0.5, 0.6) is 0 Å². The monoisotopic (exact) mass is 437 g/mol. The molecule has 3 aromatic carbocycles. The van der Waals surface area contributed by atoms with Gasteiger partial charge in [0.05, 0.1) is 22.6 Å². The van der Waals surface area contributed by atoms with E-state index in [1.165, 1.54) is 5.56 Å². The molecule has 33 heavy (non-hydrogen) atoms. The van der Waals surface area contributed by atoms with Crippen LogP contribution in [0.2, 0.25) is 0 Å². The number of likely N-dealkylation sites (tertiary alicyclic amines) is 1. The first-order valence-corrected chi connectivity index (χ1v) is 11.4. The number of fused-ring (bicyclic) bond motifs is 2. The van der Waals surface area contributed by atoms with Crippen molar-refractivity contribution < 1.29 is 9.59 Å². The number of nitrogens with one attached hydrogen (secondary N) is 2. The summed E-state index contributed by atoms with van der Waals surface area (Å²) in [5, 5.41) is 6.27. The highest BCUT2D eigenvalue weighted by atomic mass is 16.2. The van der Waals surface area contributed by atoms with Crippen molar-refractivity contribution in [3.05, 3.63) is 95.6 Å². The molecule has 5 heteroatoms. The van der Waals surface area contributed by atoms with E-state index in [1.54, 1.807) is 12.1 Å². The summed E-state index contributed by atoms with van der Waals surface area (Å²) in [6.07, 6.45) is 4.79. The van der Waals surface area contributed by atoms with E-state index in [1.807, 2.05) is 41.3 Å². The highest BCUT2D eigenvalue weighted by Gasteiger charge is 2.25. The lowest BCUT2D eigenvalue weighted by atomic mass is 9.90. The fourth-order valence-electron chi connectivity index (χ4n) is 4.68. The Balaban J connectivity index is 1.28. The van der Waals surface area contributed by atoms with Crippen molar-refractivity contribution >= 4 is 35.0 Å². The van der Waals surface area contributed by atoms with Gasteiger partial charge < -0.3 is 15.5 Å². The van der Waals surface area contributed by atoms with Crippen LogP contribution in [-0.2, 0) is 6.42 Å². The average Bonchev–Trinajstić information content (AvgIpc) is 2.99. The SMILES string of the molecule is C=Cc1ccc2c(c1)C(=O)Nc1cc(C(=O)N3CCC(Cc4ccccc4)CC3)ccc1N2. The number of anilines is 3. The molecule has 5 nitrogen and oxygen atoms in total. The largest absolute Gasteiger partial charge is 0.353 e. The topological polar surface area (TPSA) is 61.4 Å². The molecule has 166 valence electrons. The van der Waals surface area contributed by atoms with Crippen LogP contribution in [0.1, 0.15) is 44.7 Å². The van der Waals surface area contributed by atoms with Crippen molar-refractivity contribution in [1.82, 2.24) is 4.90 Å². The Morgan fingerprint density at radius 1 is 0.939 bits per heavy atom. The Labute approximate surface area is 194 Å². The molecule has 2 heterocycles. The smallest absolute Gasteiger partial charge is 0.257 e. The molecule has 0 aliphatic carbocycles. The number of amides is 2. The van der Waals surface area contributed by atoms with E-state index in [0.717, 1.165) is 49.3 Å². The summed E-state index contributed by atoms with van der Waals surface area (Å²) in [6.45, 7) is 5.29.